The van der Waals surface area contributed by atoms with E-state index >= 15 is 0 Å². The van der Waals surface area contributed by atoms with Gasteiger partial charge < -0.3 is 10.4 Å². The van der Waals surface area contributed by atoms with E-state index in [1.54, 1.807) is 0 Å². The molecule has 1 amide bonds. The molecule has 1 aromatic carbocycles. The van der Waals surface area contributed by atoms with Crippen molar-refractivity contribution in [3.8, 4) is 0 Å². The Labute approximate surface area is 137 Å². The van der Waals surface area contributed by atoms with Crippen molar-refractivity contribution >= 4 is 11.6 Å². The fraction of sp³-hybridized carbons (Fsp3) is 0.333. The number of hydrogen-bond donors (Lipinski definition) is 2. The number of aryl methyl sites for hydroxylation is 2. The van der Waals surface area contributed by atoms with Crippen molar-refractivity contribution in [1.29, 1.82) is 0 Å². The fourth-order valence-corrected chi connectivity index (χ4v) is 2.37. The highest BCUT2D eigenvalue weighted by Crippen LogP contribution is 2.23. The summed E-state index contributed by atoms with van der Waals surface area (Å²) < 4.78 is 14.1. The first-order valence-corrected chi connectivity index (χ1v) is 7.08. The third kappa shape index (κ3) is 3.40. The summed E-state index contributed by atoms with van der Waals surface area (Å²) in [4.78, 5) is 22.7. The van der Waals surface area contributed by atoms with E-state index in [0.29, 0.717) is 5.56 Å². The number of benzene rings is 1. The van der Waals surface area contributed by atoms with Crippen LogP contribution >= 0.6 is 0 Å². The van der Waals surface area contributed by atoms with Gasteiger partial charge in [-0.1, -0.05) is 12.1 Å². The number of nitro groups is 1. The van der Waals surface area contributed by atoms with Gasteiger partial charge in [0.15, 0.2) is 0 Å². The zero-order chi connectivity index (χ0) is 18.1. The summed E-state index contributed by atoms with van der Waals surface area (Å²) in [7, 11) is 1.42. The molecule has 1 aromatic heterocycles. The molecular weight excluding hydrogens is 319 g/mol. The molecule has 0 radical (unpaired) electrons. The zero-order valence-corrected chi connectivity index (χ0v) is 13.4. The summed E-state index contributed by atoms with van der Waals surface area (Å²) >= 11 is 0. The van der Waals surface area contributed by atoms with Crippen molar-refractivity contribution in [3.05, 3.63) is 57.1 Å². The number of carbonyl (C=O) groups excluding carboxylic acids is 1. The first-order chi connectivity index (χ1) is 11.1. The van der Waals surface area contributed by atoms with Crippen molar-refractivity contribution < 1.29 is 19.2 Å². The lowest BCUT2D eigenvalue weighted by Gasteiger charge is -2.24. The van der Waals surface area contributed by atoms with Gasteiger partial charge in [-0.2, -0.15) is 5.10 Å². The Kier molecular flexibility index (Phi) is 4.65. The molecule has 1 unspecified atom stereocenters. The van der Waals surface area contributed by atoms with Crippen LogP contribution < -0.4 is 5.32 Å². The second kappa shape index (κ2) is 6.36. The van der Waals surface area contributed by atoms with Crippen molar-refractivity contribution in [2.45, 2.75) is 19.4 Å². The quantitative estimate of drug-likeness (QED) is 0.634. The molecule has 8 nitrogen and oxygen atoms in total. The van der Waals surface area contributed by atoms with Gasteiger partial charge in [-0.05, 0) is 31.5 Å². The Morgan fingerprint density at radius 3 is 2.58 bits per heavy atom. The van der Waals surface area contributed by atoms with E-state index in [9.17, 15) is 24.4 Å². The standard InChI is InChI=1S/C15H17FN4O4/c1-9-12(20(23)24)13(19(3)18-9)14(21)17-8-15(2,22)10-4-6-11(16)7-5-10/h4-7,22H,8H2,1-3H3,(H,17,21). The maximum absolute atomic E-state index is 13.0. The number of nitrogens with one attached hydrogen (secondary N) is 1. The minimum atomic E-state index is -1.47. The van der Waals surface area contributed by atoms with Gasteiger partial charge in [-0.15, -0.1) is 0 Å². The van der Waals surface area contributed by atoms with Crippen LogP contribution in [0, 0.1) is 22.9 Å². The largest absolute Gasteiger partial charge is 0.384 e. The van der Waals surface area contributed by atoms with E-state index in [2.05, 4.69) is 10.4 Å². The number of nitrogens with zero attached hydrogens (tertiary/aromatic N) is 3. The molecule has 0 saturated carbocycles. The van der Waals surface area contributed by atoms with Crippen molar-refractivity contribution in [2.24, 2.45) is 7.05 Å². The normalized spacial score (nSPS) is 13.4. The van der Waals surface area contributed by atoms with Gasteiger partial charge in [-0.3, -0.25) is 19.6 Å². The second-order valence-electron chi connectivity index (χ2n) is 5.63. The summed E-state index contributed by atoms with van der Waals surface area (Å²) in [6, 6.07) is 5.19. The maximum atomic E-state index is 13.0. The molecule has 0 spiro atoms. The van der Waals surface area contributed by atoms with E-state index < -0.39 is 22.2 Å². The summed E-state index contributed by atoms with van der Waals surface area (Å²) in [6.07, 6.45) is 0. The van der Waals surface area contributed by atoms with Gasteiger partial charge in [0.2, 0.25) is 5.69 Å². The van der Waals surface area contributed by atoms with Gasteiger partial charge >= 0.3 is 5.69 Å². The maximum Gasteiger partial charge on any atom is 0.322 e. The lowest BCUT2D eigenvalue weighted by atomic mass is 9.96. The highest BCUT2D eigenvalue weighted by molar-refractivity contribution is 5.96. The van der Waals surface area contributed by atoms with Crippen LogP contribution in [0.2, 0.25) is 0 Å². The van der Waals surface area contributed by atoms with Crippen molar-refractivity contribution in [3.63, 3.8) is 0 Å². The van der Waals surface area contributed by atoms with Crippen LogP contribution in [-0.2, 0) is 12.6 Å². The number of amides is 1. The first kappa shape index (κ1) is 17.5. The van der Waals surface area contributed by atoms with Crippen LogP contribution in [0.1, 0.15) is 28.7 Å². The smallest absolute Gasteiger partial charge is 0.322 e. The monoisotopic (exact) mass is 336 g/mol. The number of hydrogen-bond acceptors (Lipinski definition) is 5. The molecule has 1 atom stereocenters. The highest BCUT2D eigenvalue weighted by Gasteiger charge is 2.31. The lowest BCUT2D eigenvalue weighted by molar-refractivity contribution is -0.385. The van der Waals surface area contributed by atoms with Gasteiger partial charge in [0.05, 0.1) is 11.5 Å². The van der Waals surface area contributed by atoms with Crippen LogP contribution in [-0.4, -0.2) is 32.3 Å². The van der Waals surface area contributed by atoms with E-state index in [-0.39, 0.29) is 23.6 Å². The summed E-state index contributed by atoms with van der Waals surface area (Å²) in [5.74, 6) is -1.17. The van der Waals surface area contributed by atoms with Gasteiger partial charge in [0, 0.05) is 7.05 Å². The molecule has 1 heterocycles. The second-order valence-corrected chi connectivity index (χ2v) is 5.63. The zero-order valence-electron chi connectivity index (χ0n) is 13.4. The molecule has 0 aliphatic rings. The molecule has 0 saturated heterocycles. The Hall–Kier alpha value is -2.81. The molecule has 128 valence electrons. The molecule has 2 aromatic rings. The Morgan fingerprint density at radius 2 is 2.04 bits per heavy atom. The van der Waals surface area contributed by atoms with Crippen molar-refractivity contribution in [2.75, 3.05) is 6.54 Å². The Balaban J connectivity index is 2.19. The van der Waals surface area contributed by atoms with E-state index in [0.717, 1.165) is 4.68 Å². The SMILES string of the molecule is Cc1nn(C)c(C(=O)NCC(C)(O)c2ccc(F)cc2)c1[N+](=O)[O-]. The Bertz CT molecular complexity index is 784. The number of aliphatic hydroxyl groups is 1. The predicted molar refractivity (Wildman–Crippen MR) is 82.9 cm³/mol. The van der Waals surface area contributed by atoms with Gasteiger partial charge in [0.1, 0.15) is 17.1 Å². The van der Waals surface area contributed by atoms with E-state index in [1.807, 2.05) is 0 Å². The van der Waals surface area contributed by atoms with Crippen LogP contribution in [0.3, 0.4) is 0 Å². The Morgan fingerprint density at radius 1 is 1.46 bits per heavy atom. The van der Waals surface area contributed by atoms with Crippen LogP contribution in [0.4, 0.5) is 10.1 Å². The third-order valence-corrected chi connectivity index (χ3v) is 3.65. The van der Waals surface area contributed by atoms with Gasteiger partial charge in [-0.25, -0.2) is 4.39 Å². The minimum absolute atomic E-state index is 0.123. The number of aromatic nitrogens is 2. The number of rotatable bonds is 5. The predicted octanol–water partition coefficient (Wildman–Crippen LogP) is 1.41. The molecule has 2 rings (SSSR count). The molecule has 24 heavy (non-hydrogen) atoms. The van der Waals surface area contributed by atoms with Crippen molar-refractivity contribution in [1.82, 2.24) is 15.1 Å². The summed E-state index contributed by atoms with van der Waals surface area (Å²) in [6.45, 7) is 2.67. The van der Waals surface area contributed by atoms with Gasteiger partial charge in [0.25, 0.3) is 5.91 Å². The first-order valence-electron chi connectivity index (χ1n) is 7.08. The summed E-state index contributed by atoms with van der Waals surface area (Å²) in [5, 5.41) is 27.9. The molecule has 0 aliphatic carbocycles. The molecular formula is C15H17FN4O4. The van der Waals surface area contributed by atoms with E-state index in [4.69, 9.17) is 0 Å². The average molecular weight is 336 g/mol. The van der Waals surface area contributed by atoms with Crippen LogP contribution in [0.15, 0.2) is 24.3 Å². The molecule has 0 bridgehead atoms. The topological polar surface area (TPSA) is 110 Å². The summed E-state index contributed by atoms with van der Waals surface area (Å²) in [5.41, 5.74) is -1.52. The minimum Gasteiger partial charge on any atom is -0.384 e. The third-order valence-electron chi connectivity index (χ3n) is 3.65. The lowest BCUT2D eigenvalue weighted by Crippen LogP contribution is -2.39. The number of carbonyl (C=O) groups is 1. The average Bonchev–Trinajstić information content (AvgIpc) is 2.80. The molecule has 9 heteroatoms. The molecule has 0 fully saturated rings. The molecule has 2 N–H and O–H groups in total. The van der Waals surface area contributed by atoms with Crippen LogP contribution in [0.25, 0.3) is 0 Å². The fourth-order valence-electron chi connectivity index (χ4n) is 2.37. The number of halogens is 1. The van der Waals surface area contributed by atoms with Crippen LogP contribution in [0.5, 0.6) is 0 Å². The molecule has 0 aliphatic heterocycles. The highest BCUT2D eigenvalue weighted by atomic mass is 19.1. The van der Waals surface area contributed by atoms with E-state index in [1.165, 1.54) is 45.2 Å².